The maximum Gasteiger partial charge on any atom is 0.308 e. The summed E-state index contributed by atoms with van der Waals surface area (Å²) < 4.78 is 3.72. The first kappa shape index (κ1) is 13.9. The molecule has 1 aliphatic carbocycles. The van der Waals surface area contributed by atoms with E-state index in [0.717, 1.165) is 30.8 Å². The Balaban J connectivity index is 2.08. The summed E-state index contributed by atoms with van der Waals surface area (Å²) in [4.78, 5) is 23.8. The fourth-order valence-electron chi connectivity index (χ4n) is 2.45. The molecule has 7 heteroatoms. The summed E-state index contributed by atoms with van der Waals surface area (Å²) in [6.45, 7) is 1.72. The van der Waals surface area contributed by atoms with Crippen molar-refractivity contribution >= 4 is 23.4 Å². The Hall–Kier alpha value is -1.50. The van der Waals surface area contributed by atoms with Crippen LogP contribution in [0.15, 0.2) is 0 Å². The lowest BCUT2D eigenvalue weighted by Gasteiger charge is -2.22. The summed E-state index contributed by atoms with van der Waals surface area (Å²) in [6.07, 6.45) is 4.23. The Bertz CT molecular complexity index is 475. The Morgan fingerprint density at radius 2 is 2.05 bits per heavy atom. The molecule has 1 amide bonds. The van der Waals surface area contributed by atoms with Crippen LogP contribution in [-0.2, 0) is 4.79 Å². The fraction of sp³-hybridized carbons (Fsp3) is 0.667. The van der Waals surface area contributed by atoms with Gasteiger partial charge in [0, 0.05) is 6.04 Å². The van der Waals surface area contributed by atoms with Crippen molar-refractivity contribution in [3.63, 3.8) is 0 Å². The van der Waals surface area contributed by atoms with E-state index >= 15 is 0 Å². The molecule has 1 aliphatic rings. The molecule has 2 rings (SSSR count). The van der Waals surface area contributed by atoms with Crippen LogP contribution in [0.3, 0.4) is 0 Å². The van der Waals surface area contributed by atoms with Crippen molar-refractivity contribution in [1.29, 1.82) is 0 Å². The standard InChI is InChI=1S/C12H17N3O3S/c1-7-10(19-15-14-7)11(16)13-9-6-4-2-3-5-8(9)12(17)18/h8-9H,2-6H2,1H3,(H,13,16)(H,17,18). The predicted molar refractivity (Wildman–Crippen MR) is 70.1 cm³/mol. The fourth-order valence-corrected chi connectivity index (χ4v) is 3.01. The summed E-state index contributed by atoms with van der Waals surface area (Å²) in [5, 5.41) is 15.9. The van der Waals surface area contributed by atoms with Crippen molar-refractivity contribution in [3.05, 3.63) is 10.6 Å². The van der Waals surface area contributed by atoms with Gasteiger partial charge in [-0.1, -0.05) is 23.8 Å². The summed E-state index contributed by atoms with van der Waals surface area (Å²) >= 11 is 1.04. The van der Waals surface area contributed by atoms with Gasteiger partial charge in [0.1, 0.15) is 4.88 Å². The van der Waals surface area contributed by atoms with E-state index in [2.05, 4.69) is 14.9 Å². The molecule has 19 heavy (non-hydrogen) atoms. The van der Waals surface area contributed by atoms with Crippen molar-refractivity contribution in [2.24, 2.45) is 5.92 Å². The summed E-state index contributed by atoms with van der Waals surface area (Å²) in [6, 6.07) is -0.297. The summed E-state index contributed by atoms with van der Waals surface area (Å²) in [5.41, 5.74) is 0.586. The highest BCUT2D eigenvalue weighted by Gasteiger charge is 2.31. The number of rotatable bonds is 3. The van der Waals surface area contributed by atoms with E-state index in [1.165, 1.54) is 0 Å². The Morgan fingerprint density at radius 3 is 2.68 bits per heavy atom. The van der Waals surface area contributed by atoms with E-state index in [-0.39, 0.29) is 11.9 Å². The number of hydrogen-bond donors (Lipinski definition) is 2. The van der Waals surface area contributed by atoms with Crippen LogP contribution in [0.4, 0.5) is 0 Å². The minimum Gasteiger partial charge on any atom is -0.481 e. The zero-order valence-electron chi connectivity index (χ0n) is 10.8. The van der Waals surface area contributed by atoms with E-state index in [0.29, 0.717) is 23.4 Å². The molecule has 2 unspecified atom stereocenters. The molecule has 2 N–H and O–H groups in total. The lowest BCUT2D eigenvalue weighted by molar-refractivity contribution is -0.142. The van der Waals surface area contributed by atoms with Crippen LogP contribution in [0.5, 0.6) is 0 Å². The van der Waals surface area contributed by atoms with Gasteiger partial charge in [0.05, 0.1) is 11.6 Å². The average molecular weight is 283 g/mol. The highest BCUT2D eigenvalue weighted by molar-refractivity contribution is 7.08. The zero-order chi connectivity index (χ0) is 13.8. The second-order valence-corrected chi connectivity index (χ2v) is 5.60. The summed E-state index contributed by atoms with van der Waals surface area (Å²) in [5.74, 6) is -1.58. The van der Waals surface area contributed by atoms with Crippen molar-refractivity contribution < 1.29 is 14.7 Å². The first-order chi connectivity index (χ1) is 9.09. The second kappa shape index (κ2) is 6.10. The van der Waals surface area contributed by atoms with Gasteiger partial charge < -0.3 is 10.4 Å². The topological polar surface area (TPSA) is 92.2 Å². The number of carboxylic acids is 1. The Kier molecular flexibility index (Phi) is 4.47. The number of aromatic nitrogens is 2. The predicted octanol–water partition coefficient (Wildman–Crippen LogP) is 1.61. The maximum atomic E-state index is 12.1. The first-order valence-corrected chi connectivity index (χ1v) is 7.19. The van der Waals surface area contributed by atoms with E-state index in [1.807, 2.05) is 0 Å². The van der Waals surface area contributed by atoms with Gasteiger partial charge in [-0.05, 0) is 31.3 Å². The number of aryl methyl sites for hydroxylation is 1. The van der Waals surface area contributed by atoms with Crippen molar-refractivity contribution in [3.8, 4) is 0 Å². The van der Waals surface area contributed by atoms with Crippen LogP contribution in [0, 0.1) is 12.8 Å². The Labute approximate surface area is 115 Å². The van der Waals surface area contributed by atoms with Gasteiger partial charge in [0.25, 0.3) is 5.91 Å². The van der Waals surface area contributed by atoms with Crippen molar-refractivity contribution in [2.45, 2.75) is 45.1 Å². The lowest BCUT2D eigenvalue weighted by Crippen LogP contribution is -2.42. The number of nitrogens with zero attached hydrogens (tertiary/aromatic N) is 2. The quantitative estimate of drug-likeness (QED) is 0.822. The molecule has 1 fully saturated rings. The number of amides is 1. The molecule has 1 saturated carbocycles. The molecule has 0 spiro atoms. The number of carboxylic acid groups (broad SMARTS) is 1. The highest BCUT2D eigenvalue weighted by Crippen LogP contribution is 2.24. The highest BCUT2D eigenvalue weighted by atomic mass is 32.1. The summed E-state index contributed by atoms with van der Waals surface area (Å²) in [7, 11) is 0. The van der Waals surface area contributed by atoms with Crippen LogP contribution >= 0.6 is 11.5 Å². The molecule has 1 heterocycles. The molecule has 104 valence electrons. The van der Waals surface area contributed by atoms with Gasteiger partial charge >= 0.3 is 5.97 Å². The number of nitrogens with one attached hydrogen (secondary N) is 1. The normalized spacial score (nSPS) is 23.6. The molecule has 0 aromatic carbocycles. The number of aliphatic carboxylic acids is 1. The third kappa shape index (κ3) is 3.28. The zero-order valence-corrected chi connectivity index (χ0v) is 11.6. The van der Waals surface area contributed by atoms with Gasteiger partial charge in [-0.25, -0.2) is 0 Å². The maximum absolute atomic E-state index is 12.1. The van der Waals surface area contributed by atoms with Gasteiger partial charge in [-0.15, -0.1) is 5.10 Å². The lowest BCUT2D eigenvalue weighted by atomic mass is 9.95. The SMILES string of the molecule is Cc1nnsc1C(=O)NC1CCCCCC1C(=O)O. The molecule has 0 radical (unpaired) electrons. The van der Waals surface area contributed by atoms with E-state index in [9.17, 15) is 14.7 Å². The van der Waals surface area contributed by atoms with Gasteiger partial charge in [0.2, 0.25) is 0 Å². The first-order valence-electron chi connectivity index (χ1n) is 6.42. The van der Waals surface area contributed by atoms with Crippen molar-refractivity contribution in [1.82, 2.24) is 14.9 Å². The number of carbonyl (C=O) groups excluding carboxylic acids is 1. The minimum absolute atomic E-state index is 0.259. The third-order valence-electron chi connectivity index (χ3n) is 3.51. The van der Waals surface area contributed by atoms with E-state index < -0.39 is 11.9 Å². The largest absolute Gasteiger partial charge is 0.481 e. The van der Waals surface area contributed by atoms with Crippen molar-refractivity contribution in [2.75, 3.05) is 0 Å². The molecule has 0 aliphatic heterocycles. The molecule has 2 atom stereocenters. The number of hydrogen-bond acceptors (Lipinski definition) is 5. The third-order valence-corrected chi connectivity index (χ3v) is 4.33. The molecule has 0 saturated heterocycles. The van der Waals surface area contributed by atoms with Crippen LogP contribution in [0.2, 0.25) is 0 Å². The van der Waals surface area contributed by atoms with Gasteiger partial charge in [0.15, 0.2) is 0 Å². The molecule has 1 aromatic rings. The van der Waals surface area contributed by atoms with Crippen LogP contribution < -0.4 is 5.32 Å². The Morgan fingerprint density at radius 1 is 1.32 bits per heavy atom. The monoisotopic (exact) mass is 283 g/mol. The molecule has 1 aromatic heterocycles. The average Bonchev–Trinajstić information content (AvgIpc) is 2.65. The van der Waals surface area contributed by atoms with Gasteiger partial charge in [-0.2, -0.15) is 0 Å². The van der Waals surface area contributed by atoms with Crippen LogP contribution in [0.25, 0.3) is 0 Å². The molecule has 6 nitrogen and oxygen atoms in total. The smallest absolute Gasteiger partial charge is 0.308 e. The second-order valence-electron chi connectivity index (χ2n) is 4.85. The molecular formula is C12H17N3O3S. The number of carbonyl (C=O) groups is 2. The van der Waals surface area contributed by atoms with E-state index in [4.69, 9.17) is 0 Å². The van der Waals surface area contributed by atoms with Crippen LogP contribution in [-0.4, -0.2) is 32.6 Å². The van der Waals surface area contributed by atoms with E-state index in [1.54, 1.807) is 6.92 Å². The molecular weight excluding hydrogens is 266 g/mol. The molecule has 0 bridgehead atoms. The van der Waals surface area contributed by atoms with Crippen LogP contribution in [0.1, 0.15) is 47.5 Å². The van der Waals surface area contributed by atoms with Gasteiger partial charge in [-0.3, -0.25) is 9.59 Å². The minimum atomic E-state index is -0.827.